The zero-order valence-corrected chi connectivity index (χ0v) is 11.1. The average molecular weight is 244 g/mol. The minimum atomic E-state index is 0.453. The van der Waals surface area contributed by atoms with Gasteiger partial charge in [0.25, 0.3) is 0 Å². The van der Waals surface area contributed by atoms with Gasteiger partial charge in [-0.1, -0.05) is 13.8 Å². The second kappa shape index (κ2) is 5.41. The number of rotatable bonds is 4. The molecule has 0 aromatic heterocycles. The van der Waals surface area contributed by atoms with E-state index in [0.29, 0.717) is 17.6 Å². The summed E-state index contributed by atoms with van der Waals surface area (Å²) in [4.78, 5) is 2.45. The molecule has 0 radical (unpaired) electrons. The molecule has 0 unspecified atom stereocenters. The van der Waals surface area contributed by atoms with Gasteiger partial charge in [0.05, 0.1) is 11.6 Å². The van der Waals surface area contributed by atoms with Crippen LogP contribution >= 0.6 is 0 Å². The van der Waals surface area contributed by atoms with Crippen molar-refractivity contribution >= 4 is 0 Å². The lowest BCUT2D eigenvalue weighted by molar-refractivity contribution is 0.222. The minimum absolute atomic E-state index is 0.453. The molecular formula is C15H20N2O. The Kier molecular flexibility index (Phi) is 3.88. The fourth-order valence-corrected chi connectivity index (χ4v) is 2.33. The fraction of sp³-hybridized carbons (Fsp3) is 0.533. The molecule has 0 N–H and O–H groups in total. The Morgan fingerprint density at radius 3 is 2.61 bits per heavy atom. The lowest BCUT2D eigenvalue weighted by Gasteiger charge is -2.19. The Morgan fingerprint density at radius 1 is 1.33 bits per heavy atom. The Morgan fingerprint density at radius 2 is 2.06 bits per heavy atom. The standard InChI is InChI=1S/C15H20N2O/c1-15(2)7-8-17(12-15)9-10-18-14-5-3-13(11-16)4-6-14/h3-6H,7-10,12H2,1-2H3. The number of ether oxygens (including phenoxy) is 1. The molecule has 1 saturated heterocycles. The largest absolute Gasteiger partial charge is 0.492 e. The molecule has 96 valence electrons. The van der Waals surface area contributed by atoms with Gasteiger partial charge in [-0.05, 0) is 42.6 Å². The fourth-order valence-electron chi connectivity index (χ4n) is 2.33. The van der Waals surface area contributed by atoms with E-state index in [-0.39, 0.29) is 0 Å². The zero-order chi connectivity index (χ0) is 13.0. The molecule has 1 aliphatic heterocycles. The topological polar surface area (TPSA) is 36.3 Å². The number of hydrogen-bond donors (Lipinski definition) is 0. The van der Waals surface area contributed by atoms with Crippen LogP contribution in [0.4, 0.5) is 0 Å². The van der Waals surface area contributed by atoms with Crippen molar-refractivity contribution in [1.82, 2.24) is 4.90 Å². The predicted octanol–water partition coefficient (Wildman–Crippen LogP) is 2.67. The summed E-state index contributed by atoms with van der Waals surface area (Å²) in [7, 11) is 0. The third kappa shape index (κ3) is 3.48. The van der Waals surface area contributed by atoms with Crippen molar-refractivity contribution in [1.29, 1.82) is 5.26 Å². The van der Waals surface area contributed by atoms with Gasteiger partial charge >= 0.3 is 0 Å². The maximum Gasteiger partial charge on any atom is 0.119 e. The van der Waals surface area contributed by atoms with Crippen LogP contribution in [-0.2, 0) is 0 Å². The first-order chi connectivity index (χ1) is 8.59. The minimum Gasteiger partial charge on any atom is -0.492 e. The third-order valence-corrected chi connectivity index (χ3v) is 3.42. The molecule has 3 heteroatoms. The first kappa shape index (κ1) is 12.9. The van der Waals surface area contributed by atoms with E-state index in [4.69, 9.17) is 10.00 Å². The third-order valence-electron chi connectivity index (χ3n) is 3.42. The first-order valence-electron chi connectivity index (χ1n) is 6.44. The molecule has 1 fully saturated rings. The smallest absolute Gasteiger partial charge is 0.119 e. The summed E-state index contributed by atoms with van der Waals surface area (Å²) in [6.45, 7) is 8.64. The van der Waals surface area contributed by atoms with Crippen LogP contribution in [0.2, 0.25) is 0 Å². The van der Waals surface area contributed by atoms with E-state index in [9.17, 15) is 0 Å². The molecule has 2 rings (SSSR count). The molecule has 18 heavy (non-hydrogen) atoms. The lowest BCUT2D eigenvalue weighted by Crippen LogP contribution is -2.27. The molecule has 0 spiro atoms. The number of benzene rings is 1. The van der Waals surface area contributed by atoms with Gasteiger partial charge in [0.2, 0.25) is 0 Å². The Labute approximate surface area is 109 Å². The second-order valence-electron chi connectivity index (χ2n) is 5.68. The van der Waals surface area contributed by atoms with Crippen molar-refractivity contribution < 1.29 is 4.74 Å². The van der Waals surface area contributed by atoms with Gasteiger partial charge in [0, 0.05) is 13.1 Å². The van der Waals surface area contributed by atoms with Crippen LogP contribution in [0.3, 0.4) is 0 Å². The highest BCUT2D eigenvalue weighted by atomic mass is 16.5. The van der Waals surface area contributed by atoms with Crippen LogP contribution in [0.5, 0.6) is 5.75 Å². The summed E-state index contributed by atoms with van der Waals surface area (Å²) in [6.07, 6.45) is 1.27. The van der Waals surface area contributed by atoms with E-state index in [2.05, 4.69) is 24.8 Å². The van der Waals surface area contributed by atoms with Crippen LogP contribution < -0.4 is 4.74 Å². The summed E-state index contributed by atoms with van der Waals surface area (Å²) >= 11 is 0. The number of likely N-dealkylation sites (tertiary alicyclic amines) is 1. The molecular weight excluding hydrogens is 224 g/mol. The van der Waals surface area contributed by atoms with Gasteiger partial charge in [0.15, 0.2) is 0 Å². The molecule has 0 aliphatic carbocycles. The quantitative estimate of drug-likeness (QED) is 0.817. The van der Waals surface area contributed by atoms with Crippen LogP contribution in [0.15, 0.2) is 24.3 Å². The number of hydrogen-bond acceptors (Lipinski definition) is 3. The Hall–Kier alpha value is -1.53. The summed E-state index contributed by atoms with van der Waals surface area (Å²) in [6, 6.07) is 9.38. The van der Waals surface area contributed by atoms with Crippen LogP contribution in [0.25, 0.3) is 0 Å². The molecule has 1 heterocycles. The van der Waals surface area contributed by atoms with Crippen molar-refractivity contribution in [3.05, 3.63) is 29.8 Å². The van der Waals surface area contributed by atoms with Gasteiger partial charge in [-0.25, -0.2) is 0 Å². The van der Waals surface area contributed by atoms with Crippen molar-refractivity contribution in [2.75, 3.05) is 26.2 Å². The summed E-state index contributed by atoms with van der Waals surface area (Å²) in [5.74, 6) is 0.840. The van der Waals surface area contributed by atoms with Gasteiger partial charge < -0.3 is 4.74 Å². The molecule has 1 aliphatic rings. The predicted molar refractivity (Wildman–Crippen MR) is 71.5 cm³/mol. The van der Waals surface area contributed by atoms with Gasteiger partial charge in [-0.15, -0.1) is 0 Å². The van der Waals surface area contributed by atoms with Gasteiger partial charge in [-0.3, -0.25) is 4.90 Å². The summed E-state index contributed by atoms with van der Waals surface area (Å²) in [5.41, 5.74) is 1.12. The average Bonchev–Trinajstić information content (AvgIpc) is 2.70. The van der Waals surface area contributed by atoms with E-state index in [1.807, 2.05) is 12.1 Å². The molecule has 0 atom stereocenters. The van der Waals surface area contributed by atoms with Gasteiger partial charge in [-0.2, -0.15) is 5.26 Å². The summed E-state index contributed by atoms with van der Waals surface area (Å²) < 4.78 is 5.68. The highest BCUT2D eigenvalue weighted by molar-refractivity contribution is 5.34. The van der Waals surface area contributed by atoms with Crippen molar-refractivity contribution in [2.24, 2.45) is 5.41 Å². The van der Waals surface area contributed by atoms with E-state index < -0.39 is 0 Å². The molecule has 1 aromatic rings. The monoisotopic (exact) mass is 244 g/mol. The second-order valence-corrected chi connectivity index (χ2v) is 5.68. The maximum absolute atomic E-state index is 8.70. The van der Waals surface area contributed by atoms with E-state index in [1.165, 1.54) is 13.0 Å². The van der Waals surface area contributed by atoms with Crippen molar-refractivity contribution in [3.8, 4) is 11.8 Å². The normalized spacial score (nSPS) is 18.5. The van der Waals surface area contributed by atoms with Crippen LogP contribution in [0, 0.1) is 16.7 Å². The highest BCUT2D eigenvalue weighted by Crippen LogP contribution is 2.28. The van der Waals surface area contributed by atoms with Crippen molar-refractivity contribution in [2.45, 2.75) is 20.3 Å². The van der Waals surface area contributed by atoms with E-state index in [1.54, 1.807) is 12.1 Å². The van der Waals surface area contributed by atoms with Crippen LogP contribution in [0.1, 0.15) is 25.8 Å². The molecule has 0 saturated carbocycles. The lowest BCUT2D eigenvalue weighted by atomic mass is 9.93. The summed E-state index contributed by atoms with van der Waals surface area (Å²) in [5, 5.41) is 8.70. The first-order valence-corrected chi connectivity index (χ1v) is 6.44. The Bertz CT molecular complexity index is 431. The van der Waals surface area contributed by atoms with Crippen molar-refractivity contribution in [3.63, 3.8) is 0 Å². The molecule has 0 bridgehead atoms. The highest BCUT2D eigenvalue weighted by Gasteiger charge is 2.28. The number of nitrogens with zero attached hydrogens (tertiary/aromatic N) is 2. The maximum atomic E-state index is 8.70. The Balaban J connectivity index is 1.74. The zero-order valence-electron chi connectivity index (χ0n) is 11.1. The molecule has 3 nitrogen and oxygen atoms in total. The SMILES string of the molecule is CC1(C)CCN(CCOc2ccc(C#N)cc2)C1. The van der Waals surface area contributed by atoms with E-state index in [0.717, 1.165) is 18.8 Å². The van der Waals surface area contributed by atoms with E-state index >= 15 is 0 Å². The molecule has 1 aromatic carbocycles. The number of nitriles is 1. The molecule has 0 amide bonds. The van der Waals surface area contributed by atoms with Crippen LogP contribution in [-0.4, -0.2) is 31.1 Å². The van der Waals surface area contributed by atoms with Gasteiger partial charge in [0.1, 0.15) is 12.4 Å².